The van der Waals surface area contributed by atoms with E-state index in [0.717, 1.165) is 0 Å². The number of rotatable bonds is 3. The van der Waals surface area contributed by atoms with Crippen LogP contribution in [-0.4, -0.2) is 93.5 Å². The van der Waals surface area contributed by atoms with Gasteiger partial charge in [-0.2, -0.15) is 9.35 Å². The van der Waals surface area contributed by atoms with Crippen molar-refractivity contribution in [3.8, 4) is 0 Å². The number of ether oxygens (including phenoxy) is 1. The molecule has 1 aromatic carbocycles. The van der Waals surface area contributed by atoms with Gasteiger partial charge < -0.3 is 19.4 Å². The lowest BCUT2D eigenvalue weighted by atomic mass is 10.1. The maximum Gasteiger partial charge on any atom is 0.410 e. The van der Waals surface area contributed by atoms with Crippen LogP contribution in [0.3, 0.4) is 0 Å². The summed E-state index contributed by atoms with van der Waals surface area (Å²) < 4.78 is 38.8. The number of hydrogen-bond donors (Lipinski definition) is 0. The molecule has 9 nitrogen and oxygen atoms in total. The largest absolute Gasteiger partial charge is 0.444 e. The van der Waals surface area contributed by atoms with Crippen LogP contribution in [0.4, 0.5) is 21.0 Å². The SMILES string of the molecule is CN(C)C1CN(c2nc(N=S3(=O)CCN(C(=O)OC(C)(C)C)CC3)c3cc(Cl)c(Br)c(F)c3n2)C1. The first-order valence-electron chi connectivity index (χ1n) is 11.2. The fraction of sp³-hybridized carbons (Fsp3) is 0.591. The van der Waals surface area contributed by atoms with Gasteiger partial charge in [0.25, 0.3) is 0 Å². The van der Waals surface area contributed by atoms with Gasteiger partial charge in [-0.05, 0) is 56.9 Å². The molecule has 0 N–H and O–H groups in total. The van der Waals surface area contributed by atoms with Gasteiger partial charge in [-0.25, -0.2) is 18.4 Å². The van der Waals surface area contributed by atoms with Gasteiger partial charge in [0.2, 0.25) is 5.95 Å². The Morgan fingerprint density at radius 3 is 2.49 bits per heavy atom. The third-order valence-electron chi connectivity index (χ3n) is 5.94. The molecule has 192 valence electrons. The number of likely N-dealkylation sites (N-methyl/N-ethyl adjacent to an activating group) is 1. The van der Waals surface area contributed by atoms with Crippen LogP contribution in [0.2, 0.25) is 5.02 Å². The van der Waals surface area contributed by atoms with Crippen molar-refractivity contribution < 1.29 is 18.1 Å². The molecule has 35 heavy (non-hydrogen) atoms. The van der Waals surface area contributed by atoms with Crippen molar-refractivity contribution in [3.05, 3.63) is 21.4 Å². The van der Waals surface area contributed by atoms with Gasteiger partial charge in [0.05, 0.1) is 36.1 Å². The van der Waals surface area contributed by atoms with Crippen LogP contribution < -0.4 is 4.90 Å². The average Bonchev–Trinajstić information content (AvgIpc) is 2.70. The van der Waals surface area contributed by atoms with Crippen LogP contribution in [-0.2, 0) is 14.5 Å². The van der Waals surface area contributed by atoms with Crippen LogP contribution in [0.25, 0.3) is 10.9 Å². The second-order valence-electron chi connectivity index (χ2n) is 9.99. The Morgan fingerprint density at radius 1 is 1.29 bits per heavy atom. The lowest BCUT2D eigenvalue weighted by Crippen LogP contribution is -2.58. The van der Waals surface area contributed by atoms with Crippen molar-refractivity contribution in [2.24, 2.45) is 4.36 Å². The zero-order valence-electron chi connectivity index (χ0n) is 20.3. The number of anilines is 1. The van der Waals surface area contributed by atoms with Crippen molar-refractivity contribution in [1.82, 2.24) is 19.8 Å². The van der Waals surface area contributed by atoms with E-state index >= 15 is 4.39 Å². The highest BCUT2D eigenvalue weighted by molar-refractivity contribution is 9.10. The Labute approximate surface area is 218 Å². The number of nitrogens with zero attached hydrogens (tertiary/aromatic N) is 6. The number of fused-ring (bicyclic) bond motifs is 1. The van der Waals surface area contributed by atoms with E-state index in [0.29, 0.717) is 30.5 Å². The molecule has 0 radical (unpaired) electrons. The molecule has 0 atom stereocenters. The minimum Gasteiger partial charge on any atom is -0.444 e. The van der Waals surface area contributed by atoms with Gasteiger partial charge in [0.15, 0.2) is 11.6 Å². The van der Waals surface area contributed by atoms with Crippen molar-refractivity contribution >= 4 is 66.0 Å². The third-order valence-corrected chi connectivity index (χ3v) is 9.38. The van der Waals surface area contributed by atoms with Gasteiger partial charge in [0, 0.05) is 32.2 Å². The highest BCUT2D eigenvalue weighted by Gasteiger charge is 2.32. The maximum atomic E-state index is 15.1. The van der Waals surface area contributed by atoms with E-state index in [9.17, 15) is 9.00 Å². The van der Waals surface area contributed by atoms with Gasteiger partial charge in [-0.3, -0.25) is 0 Å². The van der Waals surface area contributed by atoms with Gasteiger partial charge in [-0.1, -0.05) is 11.6 Å². The van der Waals surface area contributed by atoms with E-state index in [1.807, 2.05) is 19.0 Å². The molecule has 0 bridgehead atoms. The summed E-state index contributed by atoms with van der Waals surface area (Å²) in [7, 11) is 1.24. The standard InChI is InChI=1S/C22H29BrClFN6O3S/c1-22(2,3)34-21(32)30-6-8-35(33,9-7-30)28-19-14-10-15(24)16(23)17(25)18(14)26-20(27-19)31-11-13(12-31)29(4)5/h10,13H,6-9,11-12H2,1-5H3. The zero-order valence-corrected chi connectivity index (χ0v) is 23.5. The van der Waals surface area contributed by atoms with E-state index in [-0.39, 0.29) is 45.4 Å². The number of halogens is 3. The molecule has 2 aromatic rings. The second-order valence-corrected chi connectivity index (χ2v) is 13.7. The summed E-state index contributed by atoms with van der Waals surface area (Å²) in [6.07, 6.45) is -0.444. The predicted octanol–water partition coefficient (Wildman–Crippen LogP) is 4.29. The molecular weight excluding hydrogens is 563 g/mol. The average molecular weight is 592 g/mol. The van der Waals surface area contributed by atoms with Crippen molar-refractivity contribution in [1.29, 1.82) is 0 Å². The molecule has 0 saturated carbocycles. The molecule has 1 amide bonds. The van der Waals surface area contributed by atoms with Crippen LogP contribution in [0, 0.1) is 5.82 Å². The molecule has 4 rings (SSSR count). The summed E-state index contributed by atoms with van der Waals surface area (Å²) in [6, 6.07) is 1.87. The topological polar surface area (TPSA) is 91.2 Å². The third kappa shape index (κ3) is 5.65. The van der Waals surface area contributed by atoms with Crippen LogP contribution in [0.5, 0.6) is 0 Å². The number of carbonyl (C=O) groups excluding carboxylic acids is 1. The molecule has 0 unspecified atom stereocenters. The number of amides is 1. The van der Waals surface area contributed by atoms with Crippen molar-refractivity contribution in [2.75, 3.05) is 56.7 Å². The first kappa shape index (κ1) is 26.3. The Balaban J connectivity index is 1.69. The number of carbonyl (C=O) groups is 1. The van der Waals surface area contributed by atoms with Crippen LogP contribution in [0.15, 0.2) is 14.9 Å². The Hall–Kier alpha value is -1.76. The van der Waals surface area contributed by atoms with E-state index in [1.54, 1.807) is 20.8 Å². The molecule has 2 fully saturated rings. The Kier molecular flexibility index (Phi) is 7.22. The van der Waals surface area contributed by atoms with Gasteiger partial charge >= 0.3 is 6.09 Å². The quantitative estimate of drug-likeness (QED) is 0.492. The summed E-state index contributed by atoms with van der Waals surface area (Å²) in [5.74, 6) is 0.171. The minimum atomic E-state index is -2.75. The molecular formula is C22H29BrClFN6O3S. The first-order chi connectivity index (χ1) is 16.3. The molecule has 3 heterocycles. The fourth-order valence-corrected chi connectivity index (χ4v) is 6.13. The van der Waals surface area contributed by atoms with Crippen LogP contribution in [0.1, 0.15) is 20.8 Å². The monoisotopic (exact) mass is 590 g/mol. The molecule has 0 aliphatic carbocycles. The zero-order chi connectivity index (χ0) is 25.7. The number of benzene rings is 1. The molecule has 2 saturated heterocycles. The van der Waals surface area contributed by atoms with E-state index < -0.39 is 27.2 Å². The molecule has 1 aromatic heterocycles. The summed E-state index contributed by atoms with van der Waals surface area (Å²) in [6.45, 7) is 7.25. The highest BCUT2D eigenvalue weighted by atomic mass is 79.9. The second kappa shape index (κ2) is 9.60. The Morgan fingerprint density at radius 2 is 1.91 bits per heavy atom. The number of hydrogen-bond acceptors (Lipinski definition) is 8. The molecule has 13 heteroatoms. The number of aromatic nitrogens is 2. The Bertz CT molecular complexity index is 1270. The lowest BCUT2D eigenvalue weighted by molar-refractivity contribution is 0.0268. The van der Waals surface area contributed by atoms with Crippen molar-refractivity contribution in [3.63, 3.8) is 0 Å². The van der Waals surface area contributed by atoms with E-state index in [1.165, 1.54) is 11.0 Å². The lowest BCUT2D eigenvalue weighted by Gasteiger charge is -2.42. The predicted molar refractivity (Wildman–Crippen MR) is 140 cm³/mol. The molecule has 2 aliphatic rings. The summed E-state index contributed by atoms with van der Waals surface area (Å²) >= 11 is 9.39. The van der Waals surface area contributed by atoms with E-state index in [2.05, 4.69) is 35.2 Å². The maximum absolute atomic E-state index is 15.1. The molecule has 2 aliphatic heterocycles. The summed E-state index contributed by atoms with van der Waals surface area (Å²) in [5, 5.41) is 0.440. The van der Waals surface area contributed by atoms with E-state index in [4.69, 9.17) is 16.3 Å². The van der Waals surface area contributed by atoms with Gasteiger partial charge in [0.1, 0.15) is 11.1 Å². The normalized spacial score (nSPS) is 18.7. The first-order valence-corrected chi connectivity index (χ1v) is 14.3. The van der Waals surface area contributed by atoms with Crippen LogP contribution >= 0.6 is 27.5 Å². The summed E-state index contributed by atoms with van der Waals surface area (Å²) in [5.41, 5.74) is -0.552. The minimum absolute atomic E-state index is 0.0625. The summed E-state index contributed by atoms with van der Waals surface area (Å²) in [4.78, 5) is 27.0. The smallest absolute Gasteiger partial charge is 0.410 e. The fourth-order valence-electron chi connectivity index (χ4n) is 3.78. The molecule has 0 spiro atoms. The van der Waals surface area contributed by atoms with Gasteiger partial charge in [-0.15, -0.1) is 0 Å². The van der Waals surface area contributed by atoms with Crippen molar-refractivity contribution in [2.45, 2.75) is 32.4 Å². The highest BCUT2D eigenvalue weighted by Crippen LogP contribution is 2.37.